The van der Waals surface area contributed by atoms with Crippen molar-refractivity contribution in [2.24, 2.45) is 0 Å². The van der Waals surface area contributed by atoms with Crippen LogP contribution in [0.15, 0.2) is 36.5 Å². The number of hydrogen-bond acceptors (Lipinski definition) is 2. The molecule has 0 aliphatic heterocycles. The van der Waals surface area contributed by atoms with Crippen LogP contribution in [-0.4, -0.2) is 9.97 Å². The van der Waals surface area contributed by atoms with Gasteiger partial charge in [0, 0.05) is 22.7 Å². The molecule has 0 N–H and O–H groups in total. The molecule has 0 spiro atoms. The topological polar surface area (TPSA) is 25.8 Å². The third-order valence-corrected chi connectivity index (χ3v) is 2.58. The Morgan fingerprint density at radius 3 is 2.38 bits per heavy atom. The van der Waals surface area contributed by atoms with Gasteiger partial charge in [0.15, 0.2) is 0 Å². The van der Waals surface area contributed by atoms with Crippen molar-refractivity contribution in [1.29, 1.82) is 0 Å². The molecule has 0 atom stereocenters. The molecule has 2 rings (SSSR count). The first kappa shape index (κ1) is 11.1. The lowest BCUT2D eigenvalue weighted by molar-refractivity contribution is 0.776. The van der Waals surface area contributed by atoms with E-state index in [0.717, 1.165) is 22.1 Å². The monoisotopic (exact) mass is 232 g/mol. The second-order valence-electron chi connectivity index (χ2n) is 3.96. The summed E-state index contributed by atoms with van der Waals surface area (Å²) in [5, 5.41) is 0.738. The Labute approximate surface area is 100 Å². The highest BCUT2D eigenvalue weighted by Gasteiger charge is 2.05. The highest BCUT2D eigenvalue weighted by molar-refractivity contribution is 6.30. The van der Waals surface area contributed by atoms with Crippen molar-refractivity contribution in [2.75, 3.05) is 0 Å². The van der Waals surface area contributed by atoms with Gasteiger partial charge < -0.3 is 0 Å². The van der Waals surface area contributed by atoms with E-state index in [4.69, 9.17) is 11.6 Å². The summed E-state index contributed by atoms with van der Waals surface area (Å²) in [6.45, 7) is 4.17. The zero-order valence-corrected chi connectivity index (χ0v) is 10.1. The van der Waals surface area contributed by atoms with Crippen LogP contribution in [0.3, 0.4) is 0 Å². The van der Waals surface area contributed by atoms with Crippen LogP contribution in [0.5, 0.6) is 0 Å². The van der Waals surface area contributed by atoms with Crippen molar-refractivity contribution in [3.8, 4) is 11.3 Å². The van der Waals surface area contributed by atoms with Gasteiger partial charge >= 0.3 is 0 Å². The molecule has 0 fully saturated rings. The van der Waals surface area contributed by atoms with Gasteiger partial charge in [-0.1, -0.05) is 37.6 Å². The molecular formula is C13H13ClN2. The van der Waals surface area contributed by atoms with Gasteiger partial charge in [-0.2, -0.15) is 0 Å². The Kier molecular flexibility index (Phi) is 3.20. The fourth-order valence-electron chi connectivity index (χ4n) is 1.43. The Balaban J connectivity index is 2.40. The molecule has 1 aromatic heterocycles. The maximum absolute atomic E-state index is 5.85. The summed E-state index contributed by atoms with van der Waals surface area (Å²) in [4.78, 5) is 8.76. The third-order valence-electron chi connectivity index (χ3n) is 2.33. The van der Waals surface area contributed by atoms with Crippen molar-refractivity contribution in [2.45, 2.75) is 19.8 Å². The highest BCUT2D eigenvalue weighted by Crippen LogP contribution is 2.20. The molecule has 1 aromatic carbocycles. The zero-order valence-electron chi connectivity index (χ0n) is 9.31. The van der Waals surface area contributed by atoms with Crippen LogP contribution in [0.2, 0.25) is 5.02 Å². The smallest absolute Gasteiger partial charge is 0.131 e. The molecular weight excluding hydrogens is 220 g/mol. The van der Waals surface area contributed by atoms with Gasteiger partial charge in [0.05, 0.1) is 5.69 Å². The average Bonchev–Trinajstić information content (AvgIpc) is 2.30. The molecule has 0 amide bonds. The Morgan fingerprint density at radius 1 is 1.06 bits per heavy atom. The highest BCUT2D eigenvalue weighted by atomic mass is 35.5. The summed E-state index contributed by atoms with van der Waals surface area (Å²) in [5.41, 5.74) is 2.00. The quantitative estimate of drug-likeness (QED) is 0.784. The predicted molar refractivity (Wildman–Crippen MR) is 66.6 cm³/mol. The maximum atomic E-state index is 5.85. The lowest BCUT2D eigenvalue weighted by atomic mass is 10.1. The second kappa shape index (κ2) is 4.62. The summed E-state index contributed by atoms with van der Waals surface area (Å²) in [5.74, 6) is 1.21. The predicted octanol–water partition coefficient (Wildman–Crippen LogP) is 3.92. The summed E-state index contributed by atoms with van der Waals surface area (Å²) >= 11 is 5.85. The first-order chi connectivity index (χ1) is 7.66. The molecule has 0 bridgehead atoms. The van der Waals surface area contributed by atoms with Gasteiger partial charge in [-0.15, -0.1) is 0 Å². The lowest BCUT2D eigenvalue weighted by Crippen LogP contribution is -1.97. The fraction of sp³-hybridized carbons (Fsp3) is 0.231. The number of hydrogen-bond donors (Lipinski definition) is 0. The summed E-state index contributed by atoms with van der Waals surface area (Å²) < 4.78 is 0. The normalized spacial score (nSPS) is 10.8. The van der Waals surface area contributed by atoms with Crippen LogP contribution in [-0.2, 0) is 0 Å². The second-order valence-corrected chi connectivity index (χ2v) is 4.40. The third kappa shape index (κ3) is 2.39. The van der Waals surface area contributed by atoms with Crippen LogP contribution in [0.1, 0.15) is 25.6 Å². The first-order valence-corrected chi connectivity index (χ1v) is 5.63. The molecule has 82 valence electrons. The standard InChI is InChI=1S/C13H13ClN2/c1-9(2)13-15-8-7-12(16-13)10-3-5-11(14)6-4-10/h3-9H,1-2H3. The van der Waals surface area contributed by atoms with E-state index in [9.17, 15) is 0 Å². The Morgan fingerprint density at radius 2 is 1.75 bits per heavy atom. The van der Waals surface area contributed by atoms with Gasteiger partial charge in [-0.05, 0) is 18.2 Å². The molecule has 0 saturated heterocycles. The fourth-order valence-corrected chi connectivity index (χ4v) is 1.56. The number of rotatable bonds is 2. The number of halogens is 1. The summed E-state index contributed by atoms with van der Waals surface area (Å²) in [7, 11) is 0. The van der Waals surface area contributed by atoms with E-state index >= 15 is 0 Å². The van der Waals surface area contributed by atoms with Gasteiger partial charge in [0.2, 0.25) is 0 Å². The lowest BCUT2D eigenvalue weighted by Gasteiger charge is -2.06. The van der Waals surface area contributed by atoms with E-state index < -0.39 is 0 Å². The van der Waals surface area contributed by atoms with Crippen LogP contribution in [0, 0.1) is 0 Å². The molecule has 0 radical (unpaired) electrons. The van der Waals surface area contributed by atoms with E-state index in [2.05, 4.69) is 23.8 Å². The van der Waals surface area contributed by atoms with Crippen LogP contribution in [0.25, 0.3) is 11.3 Å². The number of benzene rings is 1. The molecule has 1 heterocycles. The Hall–Kier alpha value is -1.41. The van der Waals surface area contributed by atoms with Crippen molar-refractivity contribution < 1.29 is 0 Å². The van der Waals surface area contributed by atoms with E-state index in [1.165, 1.54) is 0 Å². The molecule has 0 aliphatic rings. The van der Waals surface area contributed by atoms with Crippen LogP contribution >= 0.6 is 11.6 Å². The molecule has 2 nitrogen and oxygen atoms in total. The van der Waals surface area contributed by atoms with E-state index in [-0.39, 0.29) is 0 Å². The van der Waals surface area contributed by atoms with Crippen LogP contribution < -0.4 is 0 Å². The van der Waals surface area contributed by atoms with Crippen molar-refractivity contribution in [1.82, 2.24) is 9.97 Å². The van der Waals surface area contributed by atoms with E-state index in [1.54, 1.807) is 6.20 Å². The molecule has 0 saturated carbocycles. The summed E-state index contributed by atoms with van der Waals surface area (Å²) in [6.07, 6.45) is 1.80. The minimum Gasteiger partial charge on any atom is -0.241 e. The minimum absolute atomic E-state index is 0.340. The minimum atomic E-state index is 0.340. The average molecular weight is 233 g/mol. The van der Waals surface area contributed by atoms with Gasteiger partial charge in [-0.3, -0.25) is 0 Å². The van der Waals surface area contributed by atoms with Gasteiger partial charge in [-0.25, -0.2) is 9.97 Å². The largest absolute Gasteiger partial charge is 0.241 e. The SMILES string of the molecule is CC(C)c1nccc(-c2ccc(Cl)cc2)n1. The molecule has 16 heavy (non-hydrogen) atoms. The molecule has 2 aromatic rings. The van der Waals surface area contributed by atoms with Crippen molar-refractivity contribution in [3.05, 3.63) is 47.4 Å². The summed E-state index contributed by atoms with van der Waals surface area (Å²) in [6, 6.07) is 9.58. The van der Waals surface area contributed by atoms with E-state index in [1.807, 2.05) is 30.3 Å². The van der Waals surface area contributed by atoms with Crippen LogP contribution in [0.4, 0.5) is 0 Å². The number of nitrogens with zero attached hydrogens (tertiary/aromatic N) is 2. The van der Waals surface area contributed by atoms with Gasteiger partial charge in [0.1, 0.15) is 5.82 Å². The number of aromatic nitrogens is 2. The molecule has 0 aliphatic carbocycles. The Bertz CT molecular complexity index is 478. The maximum Gasteiger partial charge on any atom is 0.131 e. The molecule has 0 unspecified atom stereocenters. The van der Waals surface area contributed by atoms with Crippen molar-refractivity contribution >= 4 is 11.6 Å². The zero-order chi connectivity index (χ0) is 11.5. The van der Waals surface area contributed by atoms with Gasteiger partial charge in [0.25, 0.3) is 0 Å². The molecule has 3 heteroatoms. The van der Waals surface area contributed by atoms with E-state index in [0.29, 0.717) is 5.92 Å². The first-order valence-electron chi connectivity index (χ1n) is 5.25. The van der Waals surface area contributed by atoms with Crippen molar-refractivity contribution in [3.63, 3.8) is 0 Å².